The van der Waals surface area contributed by atoms with Crippen LogP contribution in [0, 0.1) is 17.8 Å². The molecule has 1 heterocycles. The third-order valence-corrected chi connectivity index (χ3v) is 7.48. The van der Waals surface area contributed by atoms with Crippen molar-refractivity contribution in [3.8, 4) is 11.4 Å². The molecule has 5 unspecified atom stereocenters. The molecule has 0 aliphatic heterocycles. The molecule has 1 aromatic heterocycles. The molecule has 5 atom stereocenters. The maximum atomic E-state index is 12.8. The quantitative estimate of drug-likeness (QED) is 0.705. The molecule has 2 aromatic rings. The summed E-state index contributed by atoms with van der Waals surface area (Å²) in [7, 11) is 1.66. The Hall–Kier alpha value is -1.95. The first-order chi connectivity index (χ1) is 13.5. The van der Waals surface area contributed by atoms with Gasteiger partial charge in [0.25, 0.3) is 0 Å². The lowest BCUT2D eigenvalue weighted by Crippen LogP contribution is -2.43. The van der Waals surface area contributed by atoms with E-state index in [1.54, 1.807) is 13.3 Å². The fourth-order valence-electron chi connectivity index (χ4n) is 4.90. The van der Waals surface area contributed by atoms with Crippen LogP contribution in [0.15, 0.2) is 41.8 Å². The highest BCUT2D eigenvalue weighted by molar-refractivity contribution is 8.00. The number of aromatic nitrogens is 2. The van der Waals surface area contributed by atoms with Gasteiger partial charge < -0.3 is 10.1 Å². The molecule has 1 aromatic carbocycles. The third kappa shape index (κ3) is 3.93. The van der Waals surface area contributed by atoms with E-state index in [1.807, 2.05) is 42.0 Å². The molecule has 2 aliphatic rings. The van der Waals surface area contributed by atoms with Gasteiger partial charge in [-0.15, -0.1) is 0 Å². The third-order valence-electron chi connectivity index (χ3n) is 6.39. The van der Waals surface area contributed by atoms with Crippen LogP contribution in [-0.4, -0.2) is 33.9 Å². The SMILES string of the molecule is COc1cccc(-n2ccnc2SC(C)C(=O)NC(C)C2CC3CCC2C3)c1. The summed E-state index contributed by atoms with van der Waals surface area (Å²) in [6.45, 7) is 4.13. The number of amides is 1. The van der Waals surface area contributed by atoms with Gasteiger partial charge in [0, 0.05) is 24.5 Å². The number of imidazole rings is 1. The van der Waals surface area contributed by atoms with Crippen LogP contribution in [0.1, 0.15) is 39.5 Å². The fraction of sp³-hybridized carbons (Fsp3) is 0.545. The standard InChI is InChI=1S/C22H29N3O2S/c1-14(20-12-16-7-8-17(20)11-16)24-21(26)15(2)28-22-23-9-10-25(22)18-5-4-6-19(13-18)27-3/h4-6,9-10,13-17,20H,7-8,11-12H2,1-3H3,(H,24,26). The Morgan fingerprint density at radius 3 is 2.89 bits per heavy atom. The minimum absolute atomic E-state index is 0.0977. The monoisotopic (exact) mass is 399 g/mol. The molecule has 2 saturated carbocycles. The highest BCUT2D eigenvalue weighted by Crippen LogP contribution is 2.49. The predicted octanol–water partition coefficient (Wildman–Crippen LogP) is 4.30. The number of carbonyl (C=O) groups excluding carboxylic acids is 1. The second-order valence-corrected chi connectivity index (χ2v) is 9.49. The summed E-state index contributed by atoms with van der Waals surface area (Å²) in [5, 5.41) is 3.89. The molecule has 1 N–H and O–H groups in total. The first-order valence-corrected chi connectivity index (χ1v) is 11.1. The van der Waals surface area contributed by atoms with Gasteiger partial charge in [-0.05, 0) is 63.0 Å². The van der Waals surface area contributed by atoms with Gasteiger partial charge in [0.05, 0.1) is 18.0 Å². The Balaban J connectivity index is 1.39. The summed E-state index contributed by atoms with van der Waals surface area (Å²) in [6, 6.07) is 8.10. The summed E-state index contributed by atoms with van der Waals surface area (Å²) in [5.41, 5.74) is 0.974. The van der Waals surface area contributed by atoms with Crippen molar-refractivity contribution in [2.75, 3.05) is 7.11 Å². The highest BCUT2D eigenvalue weighted by atomic mass is 32.2. The molecule has 2 aliphatic carbocycles. The lowest BCUT2D eigenvalue weighted by Gasteiger charge is -2.29. The highest BCUT2D eigenvalue weighted by Gasteiger charge is 2.42. The number of ether oxygens (including phenoxy) is 1. The average molecular weight is 400 g/mol. The molecule has 0 spiro atoms. The van der Waals surface area contributed by atoms with Gasteiger partial charge in [-0.2, -0.15) is 0 Å². The number of hydrogen-bond acceptors (Lipinski definition) is 4. The average Bonchev–Trinajstić information content (AvgIpc) is 3.45. The molecular formula is C22H29N3O2S. The van der Waals surface area contributed by atoms with Crippen LogP contribution in [0.3, 0.4) is 0 Å². The number of hydrogen-bond donors (Lipinski definition) is 1. The Kier molecular flexibility index (Phi) is 5.67. The Labute approximate surface area is 171 Å². The second-order valence-electron chi connectivity index (χ2n) is 8.18. The first kappa shape index (κ1) is 19.4. The van der Waals surface area contributed by atoms with Crippen LogP contribution >= 0.6 is 11.8 Å². The minimum Gasteiger partial charge on any atom is -0.497 e. The molecule has 2 fully saturated rings. The summed E-state index contributed by atoms with van der Waals surface area (Å²) in [6.07, 6.45) is 9.07. The maximum Gasteiger partial charge on any atom is 0.233 e. The minimum atomic E-state index is -0.201. The molecule has 2 bridgehead atoms. The number of thioether (sulfide) groups is 1. The molecule has 0 radical (unpaired) electrons. The number of rotatable bonds is 7. The zero-order chi connectivity index (χ0) is 19.7. The zero-order valence-electron chi connectivity index (χ0n) is 16.8. The van der Waals surface area contributed by atoms with E-state index < -0.39 is 0 Å². The van der Waals surface area contributed by atoms with Crippen LogP contribution in [-0.2, 0) is 4.79 Å². The van der Waals surface area contributed by atoms with Crippen molar-refractivity contribution in [1.82, 2.24) is 14.9 Å². The molecule has 6 heteroatoms. The van der Waals surface area contributed by atoms with E-state index in [1.165, 1.54) is 37.4 Å². The van der Waals surface area contributed by atoms with Gasteiger partial charge in [-0.3, -0.25) is 9.36 Å². The second kappa shape index (κ2) is 8.19. The van der Waals surface area contributed by atoms with Crippen LogP contribution in [0.2, 0.25) is 0 Å². The molecular weight excluding hydrogens is 370 g/mol. The summed E-state index contributed by atoms with van der Waals surface area (Å²) >= 11 is 1.49. The largest absolute Gasteiger partial charge is 0.497 e. The van der Waals surface area contributed by atoms with Crippen LogP contribution < -0.4 is 10.1 Å². The van der Waals surface area contributed by atoms with Gasteiger partial charge in [-0.25, -0.2) is 4.98 Å². The number of carbonyl (C=O) groups is 1. The van der Waals surface area contributed by atoms with E-state index >= 15 is 0 Å². The van der Waals surface area contributed by atoms with E-state index in [9.17, 15) is 4.79 Å². The van der Waals surface area contributed by atoms with E-state index in [2.05, 4.69) is 17.2 Å². The Morgan fingerprint density at radius 1 is 1.32 bits per heavy atom. The van der Waals surface area contributed by atoms with Crippen molar-refractivity contribution in [2.45, 2.75) is 56.0 Å². The smallest absolute Gasteiger partial charge is 0.233 e. The van der Waals surface area contributed by atoms with Crippen LogP contribution in [0.25, 0.3) is 5.69 Å². The lowest BCUT2D eigenvalue weighted by molar-refractivity contribution is -0.121. The summed E-state index contributed by atoms with van der Waals surface area (Å²) < 4.78 is 7.32. The van der Waals surface area contributed by atoms with Crippen molar-refractivity contribution in [1.29, 1.82) is 0 Å². The van der Waals surface area contributed by atoms with Crippen LogP contribution in [0.4, 0.5) is 0 Å². The van der Waals surface area contributed by atoms with E-state index in [0.717, 1.165) is 28.4 Å². The number of nitrogens with zero attached hydrogens (tertiary/aromatic N) is 2. The fourth-order valence-corrected chi connectivity index (χ4v) is 5.79. The van der Waals surface area contributed by atoms with Gasteiger partial charge >= 0.3 is 0 Å². The molecule has 5 nitrogen and oxygen atoms in total. The molecule has 0 saturated heterocycles. The summed E-state index contributed by atoms with van der Waals surface area (Å²) in [5.74, 6) is 3.26. The van der Waals surface area contributed by atoms with E-state index in [0.29, 0.717) is 5.92 Å². The van der Waals surface area contributed by atoms with Crippen molar-refractivity contribution in [2.24, 2.45) is 17.8 Å². The van der Waals surface area contributed by atoms with Gasteiger partial charge in [0.15, 0.2) is 5.16 Å². The Morgan fingerprint density at radius 2 is 2.18 bits per heavy atom. The van der Waals surface area contributed by atoms with Crippen LogP contribution in [0.5, 0.6) is 5.75 Å². The number of benzene rings is 1. The van der Waals surface area contributed by atoms with Crippen molar-refractivity contribution in [3.05, 3.63) is 36.7 Å². The van der Waals surface area contributed by atoms with Crippen molar-refractivity contribution >= 4 is 17.7 Å². The molecule has 4 rings (SSSR count). The molecule has 28 heavy (non-hydrogen) atoms. The topological polar surface area (TPSA) is 56.2 Å². The lowest BCUT2D eigenvalue weighted by atomic mass is 9.84. The van der Waals surface area contributed by atoms with E-state index in [4.69, 9.17) is 4.74 Å². The predicted molar refractivity (Wildman–Crippen MR) is 112 cm³/mol. The number of nitrogens with one attached hydrogen (secondary N) is 1. The molecule has 1 amide bonds. The van der Waals surface area contributed by atoms with Gasteiger partial charge in [-0.1, -0.05) is 24.2 Å². The normalized spacial score (nSPS) is 25.5. The summed E-state index contributed by atoms with van der Waals surface area (Å²) in [4.78, 5) is 17.3. The van der Waals surface area contributed by atoms with Gasteiger partial charge in [0.2, 0.25) is 5.91 Å². The molecule has 150 valence electrons. The zero-order valence-corrected chi connectivity index (χ0v) is 17.6. The van der Waals surface area contributed by atoms with Crippen molar-refractivity contribution in [3.63, 3.8) is 0 Å². The number of fused-ring (bicyclic) bond motifs is 2. The van der Waals surface area contributed by atoms with E-state index in [-0.39, 0.29) is 17.2 Å². The first-order valence-electron chi connectivity index (χ1n) is 10.2. The maximum absolute atomic E-state index is 12.8. The Bertz CT molecular complexity index is 837. The number of methoxy groups -OCH3 is 1. The van der Waals surface area contributed by atoms with Crippen molar-refractivity contribution < 1.29 is 9.53 Å². The van der Waals surface area contributed by atoms with Gasteiger partial charge in [0.1, 0.15) is 5.75 Å².